The smallest absolute Gasteiger partial charge is 0.0970 e. The van der Waals surface area contributed by atoms with Crippen LogP contribution in [-0.2, 0) is 0 Å². The van der Waals surface area contributed by atoms with Crippen molar-refractivity contribution < 1.29 is 0 Å². The molecule has 0 fully saturated rings. The van der Waals surface area contributed by atoms with E-state index in [1.54, 1.807) is 11.8 Å². The largest absolute Gasteiger partial charge is 0.281 e. The Labute approximate surface area is 85.4 Å². The highest BCUT2D eigenvalue weighted by atomic mass is 79.9. The quantitative estimate of drug-likeness (QED) is 0.546. The van der Waals surface area contributed by atoms with Crippen LogP contribution >= 0.6 is 27.7 Å². The van der Waals surface area contributed by atoms with Crippen molar-refractivity contribution in [1.29, 1.82) is 0 Å². The van der Waals surface area contributed by atoms with Crippen LogP contribution in [0, 0.1) is 0 Å². The molecule has 0 N–H and O–H groups in total. The standard InChI is InChI=1S/C9H10BrNS/c1-11-9(12-2)7-3-5-8(10)6-4-7/h3-6H,1-2H3/b11-9-. The Hall–Kier alpha value is -0.280. The molecule has 1 aromatic rings. The first-order chi connectivity index (χ1) is 5.77. The molecular weight excluding hydrogens is 234 g/mol. The van der Waals surface area contributed by atoms with Crippen LogP contribution < -0.4 is 0 Å². The Morgan fingerprint density at radius 3 is 2.33 bits per heavy atom. The summed E-state index contributed by atoms with van der Waals surface area (Å²) in [5, 5.41) is 1.07. The number of halogens is 1. The van der Waals surface area contributed by atoms with E-state index in [4.69, 9.17) is 0 Å². The molecule has 0 saturated heterocycles. The van der Waals surface area contributed by atoms with Gasteiger partial charge >= 0.3 is 0 Å². The van der Waals surface area contributed by atoms with Gasteiger partial charge in [-0.25, -0.2) is 0 Å². The molecule has 0 atom stereocenters. The molecule has 0 radical (unpaired) electrons. The van der Waals surface area contributed by atoms with Crippen molar-refractivity contribution in [2.24, 2.45) is 4.99 Å². The summed E-state index contributed by atoms with van der Waals surface area (Å²) >= 11 is 5.06. The lowest BCUT2D eigenvalue weighted by Gasteiger charge is -2.01. The van der Waals surface area contributed by atoms with Gasteiger partial charge < -0.3 is 0 Å². The van der Waals surface area contributed by atoms with Crippen LogP contribution in [0.2, 0.25) is 0 Å². The minimum Gasteiger partial charge on any atom is -0.281 e. The number of hydrogen-bond donors (Lipinski definition) is 0. The molecule has 0 unspecified atom stereocenters. The van der Waals surface area contributed by atoms with Crippen LogP contribution in [0.1, 0.15) is 5.56 Å². The SMILES string of the molecule is C/N=C(\SC)c1ccc(Br)cc1. The highest BCUT2D eigenvalue weighted by molar-refractivity contribution is 9.10. The van der Waals surface area contributed by atoms with Gasteiger partial charge in [-0.2, -0.15) is 0 Å². The third-order valence-electron chi connectivity index (χ3n) is 1.49. The summed E-state index contributed by atoms with van der Waals surface area (Å²) in [6.07, 6.45) is 2.03. The zero-order valence-electron chi connectivity index (χ0n) is 7.04. The predicted molar refractivity (Wildman–Crippen MR) is 60.1 cm³/mol. The first kappa shape index (κ1) is 9.81. The zero-order valence-corrected chi connectivity index (χ0v) is 9.45. The Bertz CT molecular complexity index is 279. The van der Waals surface area contributed by atoms with Gasteiger partial charge in [-0.15, -0.1) is 11.8 Å². The average molecular weight is 244 g/mol. The van der Waals surface area contributed by atoms with E-state index in [0.717, 1.165) is 9.52 Å². The van der Waals surface area contributed by atoms with Crippen LogP contribution in [-0.4, -0.2) is 18.3 Å². The second-order valence-corrected chi connectivity index (χ2v) is 3.95. The van der Waals surface area contributed by atoms with Crippen molar-refractivity contribution in [3.8, 4) is 0 Å². The second-order valence-electron chi connectivity index (χ2n) is 2.24. The molecule has 1 rings (SSSR count). The lowest BCUT2D eigenvalue weighted by atomic mass is 10.2. The van der Waals surface area contributed by atoms with Gasteiger partial charge in [-0.1, -0.05) is 28.1 Å². The molecule has 0 spiro atoms. The maximum absolute atomic E-state index is 4.17. The highest BCUT2D eigenvalue weighted by Gasteiger charge is 1.98. The number of hydrogen-bond acceptors (Lipinski definition) is 2. The molecule has 0 aromatic heterocycles. The fourth-order valence-electron chi connectivity index (χ4n) is 0.931. The first-order valence-electron chi connectivity index (χ1n) is 3.54. The van der Waals surface area contributed by atoms with Crippen molar-refractivity contribution in [1.82, 2.24) is 0 Å². The molecule has 0 aliphatic heterocycles. The molecule has 12 heavy (non-hydrogen) atoms. The normalized spacial score (nSPS) is 11.8. The summed E-state index contributed by atoms with van der Waals surface area (Å²) in [7, 11) is 1.81. The van der Waals surface area contributed by atoms with Crippen molar-refractivity contribution >= 4 is 32.7 Å². The van der Waals surface area contributed by atoms with E-state index in [2.05, 4.69) is 33.1 Å². The van der Waals surface area contributed by atoms with Gasteiger partial charge in [0, 0.05) is 17.1 Å². The van der Waals surface area contributed by atoms with E-state index in [9.17, 15) is 0 Å². The van der Waals surface area contributed by atoms with E-state index in [0.29, 0.717) is 0 Å². The minimum atomic E-state index is 1.07. The molecule has 1 aromatic carbocycles. The van der Waals surface area contributed by atoms with Gasteiger partial charge in [-0.3, -0.25) is 4.99 Å². The first-order valence-corrected chi connectivity index (χ1v) is 5.56. The lowest BCUT2D eigenvalue weighted by molar-refractivity contribution is 1.45. The van der Waals surface area contributed by atoms with Crippen molar-refractivity contribution in [3.63, 3.8) is 0 Å². The average Bonchev–Trinajstić information content (AvgIpc) is 2.10. The van der Waals surface area contributed by atoms with Crippen LogP contribution in [0.3, 0.4) is 0 Å². The Kier molecular flexibility index (Phi) is 3.82. The number of nitrogens with zero attached hydrogens (tertiary/aromatic N) is 1. The highest BCUT2D eigenvalue weighted by Crippen LogP contribution is 2.14. The van der Waals surface area contributed by atoms with Gasteiger partial charge in [-0.05, 0) is 18.4 Å². The Morgan fingerprint density at radius 1 is 1.33 bits per heavy atom. The number of rotatable bonds is 1. The maximum Gasteiger partial charge on any atom is 0.0970 e. The van der Waals surface area contributed by atoms with Crippen LogP contribution in [0.5, 0.6) is 0 Å². The molecule has 0 heterocycles. The van der Waals surface area contributed by atoms with Crippen molar-refractivity contribution in [3.05, 3.63) is 34.3 Å². The predicted octanol–water partition coefficient (Wildman–Crippen LogP) is 3.19. The molecule has 0 aliphatic carbocycles. The van der Waals surface area contributed by atoms with Gasteiger partial charge in [0.15, 0.2) is 0 Å². The van der Waals surface area contributed by atoms with E-state index in [1.807, 2.05) is 25.4 Å². The van der Waals surface area contributed by atoms with E-state index in [-0.39, 0.29) is 0 Å². The number of aliphatic imine (C=N–C) groups is 1. The molecule has 1 nitrogen and oxygen atoms in total. The minimum absolute atomic E-state index is 1.07. The summed E-state index contributed by atoms with van der Waals surface area (Å²) in [6.45, 7) is 0. The summed E-state index contributed by atoms with van der Waals surface area (Å²) in [4.78, 5) is 4.17. The third kappa shape index (κ3) is 2.35. The Morgan fingerprint density at radius 2 is 1.92 bits per heavy atom. The molecule has 0 saturated carbocycles. The molecule has 64 valence electrons. The van der Waals surface area contributed by atoms with Gasteiger partial charge in [0.1, 0.15) is 0 Å². The van der Waals surface area contributed by atoms with Gasteiger partial charge in [0.05, 0.1) is 5.04 Å². The summed E-state index contributed by atoms with van der Waals surface area (Å²) < 4.78 is 1.10. The number of benzene rings is 1. The van der Waals surface area contributed by atoms with Crippen molar-refractivity contribution in [2.45, 2.75) is 0 Å². The van der Waals surface area contributed by atoms with Crippen LogP contribution in [0.25, 0.3) is 0 Å². The van der Waals surface area contributed by atoms with Crippen LogP contribution in [0.4, 0.5) is 0 Å². The molecular formula is C9H10BrNS. The zero-order chi connectivity index (χ0) is 8.97. The lowest BCUT2D eigenvalue weighted by Crippen LogP contribution is -1.93. The van der Waals surface area contributed by atoms with E-state index >= 15 is 0 Å². The summed E-state index contributed by atoms with van der Waals surface area (Å²) in [6, 6.07) is 8.17. The van der Waals surface area contributed by atoms with E-state index < -0.39 is 0 Å². The van der Waals surface area contributed by atoms with Gasteiger partial charge in [0.25, 0.3) is 0 Å². The monoisotopic (exact) mass is 243 g/mol. The molecule has 0 bridgehead atoms. The summed E-state index contributed by atoms with van der Waals surface area (Å²) in [5.74, 6) is 0. The van der Waals surface area contributed by atoms with Gasteiger partial charge in [0.2, 0.25) is 0 Å². The topological polar surface area (TPSA) is 12.4 Å². The van der Waals surface area contributed by atoms with Crippen LogP contribution in [0.15, 0.2) is 33.7 Å². The fraction of sp³-hybridized carbons (Fsp3) is 0.222. The van der Waals surface area contributed by atoms with Crippen molar-refractivity contribution in [2.75, 3.05) is 13.3 Å². The summed E-state index contributed by atoms with van der Waals surface area (Å²) in [5.41, 5.74) is 1.17. The molecule has 0 aliphatic rings. The third-order valence-corrected chi connectivity index (χ3v) is 2.82. The molecule has 3 heteroatoms. The second kappa shape index (κ2) is 4.67. The Balaban J connectivity index is 2.96. The van der Waals surface area contributed by atoms with E-state index in [1.165, 1.54) is 5.56 Å². The molecule has 0 amide bonds. The maximum atomic E-state index is 4.17. The number of thioether (sulfide) groups is 1. The fourth-order valence-corrected chi connectivity index (χ4v) is 1.75.